The highest BCUT2D eigenvalue weighted by Gasteiger charge is 2.08. The first-order valence-corrected chi connectivity index (χ1v) is 6.38. The Hall–Kier alpha value is -1.78. The SMILES string of the molecule is NNC(CCc1ccccn1)Cc1ccc(F)cc1. The maximum atomic E-state index is 12.8. The minimum absolute atomic E-state index is 0.160. The number of hydrazine groups is 1. The second-order valence-electron chi connectivity index (χ2n) is 4.55. The second-order valence-corrected chi connectivity index (χ2v) is 4.55. The molecule has 0 aliphatic heterocycles. The molecule has 1 aromatic carbocycles. The monoisotopic (exact) mass is 259 g/mol. The molecular weight excluding hydrogens is 241 g/mol. The minimum atomic E-state index is -0.213. The lowest BCUT2D eigenvalue weighted by Gasteiger charge is -2.15. The number of aromatic nitrogens is 1. The van der Waals surface area contributed by atoms with Gasteiger partial charge >= 0.3 is 0 Å². The molecule has 2 aromatic rings. The Kier molecular flexibility index (Phi) is 5.01. The van der Waals surface area contributed by atoms with E-state index in [2.05, 4.69) is 10.4 Å². The van der Waals surface area contributed by atoms with E-state index in [-0.39, 0.29) is 11.9 Å². The van der Waals surface area contributed by atoms with E-state index in [4.69, 9.17) is 5.84 Å². The van der Waals surface area contributed by atoms with E-state index in [1.54, 1.807) is 18.3 Å². The van der Waals surface area contributed by atoms with E-state index in [0.29, 0.717) is 0 Å². The zero-order chi connectivity index (χ0) is 13.5. The van der Waals surface area contributed by atoms with Crippen LogP contribution in [0.15, 0.2) is 48.7 Å². The molecule has 0 saturated heterocycles. The number of halogens is 1. The Labute approximate surface area is 112 Å². The number of nitrogens with one attached hydrogen (secondary N) is 1. The van der Waals surface area contributed by atoms with Gasteiger partial charge in [0.05, 0.1) is 0 Å². The molecule has 2 rings (SSSR count). The van der Waals surface area contributed by atoms with E-state index in [9.17, 15) is 4.39 Å². The van der Waals surface area contributed by atoms with Gasteiger partial charge in [0.15, 0.2) is 0 Å². The molecule has 1 aromatic heterocycles. The van der Waals surface area contributed by atoms with Crippen molar-refractivity contribution in [1.29, 1.82) is 0 Å². The zero-order valence-electron chi connectivity index (χ0n) is 10.7. The zero-order valence-corrected chi connectivity index (χ0v) is 10.7. The summed E-state index contributed by atoms with van der Waals surface area (Å²) in [7, 11) is 0. The van der Waals surface area contributed by atoms with Gasteiger partial charge in [-0.3, -0.25) is 16.3 Å². The fourth-order valence-corrected chi connectivity index (χ4v) is 2.02. The fraction of sp³-hybridized carbons (Fsp3) is 0.267. The van der Waals surface area contributed by atoms with Gasteiger partial charge in [-0.05, 0) is 49.1 Å². The first kappa shape index (κ1) is 13.6. The third-order valence-electron chi connectivity index (χ3n) is 3.11. The molecule has 0 aliphatic carbocycles. The molecule has 1 atom stereocenters. The van der Waals surface area contributed by atoms with E-state index >= 15 is 0 Å². The fourth-order valence-electron chi connectivity index (χ4n) is 2.02. The van der Waals surface area contributed by atoms with E-state index < -0.39 is 0 Å². The summed E-state index contributed by atoms with van der Waals surface area (Å²) >= 11 is 0. The van der Waals surface area contributed by atoms with E-state index in [0.717, 1.165) is 30.5 Å². The van der Waals surface area contributed by atoms with Crippen molar-refractivity contribution in [3.8, 4) is 0 Å². The van der Waals surface area contributed by atoms with Crippen molar-refractivity contribution in [2.24, 2.45) is 5.84 Å². The molecule has 19 heavy (non-hydrogen) atoms. The predicted octanol–water partition coefficient (Wildman–Crippen LogP) is 2.23. The topological polar surface area (TPSA) is 50.9 Å². The smallest absolute Gasteiger partial charge is 0.123 e. The van der Waals surface area contributed by atoms with Crippen molar-refractivity contribution < 1.29 is 4.39 Å². The first-order valence-electron chi connectivity index (χ1n) is 6.38. The molecule has 0 saturated carbocycles. The van der Waals surface area contributed by atoms with Crippen molar-refractivity contribution in [3.05, 3.63) is 65.7 Å². The van der Waals surface area contributed by atoms with Crippen molar-refractivity contribution in [1.82, 2.24) is 10.4 Å². The van der Waals surface area contributed by atoms with Crippen molar-refractivity contribution in [2.45, 2.75) is 25.3 Å². The third-order valence-corrected chi connectivity index (χ3v) is 3.11. The largest absolute Gasteiger partial charge is 0.271 e. The van der Waals surface area contributed by atoms with Crippen LogP contribution in [0.1, 0.15) is 17.7 Å². The van der Waals surface area contributed by atoms with Gasteiger partial charge in [-0.15, -0.1) is 0 Å². The number of hydrogen-bond acceptors (Lipinski definition) is 3. The van der Waals surface area contributed by atoms with E-state index in [1.807, 2.05) is 18.2 Å². The van der Waals surface area contributed by atoms with Gasteiger partial charge in [0.2, 0.25) is 0 Å². The van der Waals surface area contributed by atoms with Crippen LogP contribution in [0.5, 0.6) is 0 Å². The number of hydrogen-bond donors (Lipinski definition) is 2. The minimum Gasteiger partial charge on any atom is -0.271 e. The van der Waals surface area contributed by atoms with Gasteiger partial charge < -0.3 is 0 Å². The molecule has 0 aliphatic rings. The Balaban J connectivity index is 1.88. The Morgan fingerprint density at radius 3 is 2.58 bits per heavy atom. The van der Waals surface area contributed by atoms with Gasteiger partial charge in [-0.1, -0.05) is 18.2 Å². The highest BCUT2D eigenvalue weighted by atomic mass is 19.1. The highest BCUT2D eigenvalue weighted by Crippen LogP contribution is 2.09. The highest BCUT2D eigenvalue weighted by molar-refractivity contribution is 5.17. The van der Waals surface area contributed by atoms with Gasteiger partial charge in [-0.2, -0.15) is 0 Å². The van der Waals surface area contributed by atoms with Crippen molar-refractivity contribution in [2.75, 3.05) is 0 Å². The van der Waals surface area contributed by atoms with Gasteiger partial charge in [0, 0.05) is 17.9 Å². The molecular formula is C15H18FN3. The lowest BCUT2D eigenvalue weighted by Crippen LogP contribution is -2.37. The molecule has 4 heteroatoms. The number of aryl methyl sites for hydroxylation is 1. The van der Waals surface area contributed by atoms with Gasteiger partial charge in [0.1, 0.15) is 5.82 Å². The summed E-state index contributed by atoms with van der Waals surface area (Å²) in [5.41, 5.74) is 4.95. The van der Waals surface area contributed by atoms with Crippen molar-refractivity contribution >= 4 is 0 Å². The van der Waals surface area contributed by atoms with Crippen molar-refractivity contribution in [3.63, 3.8) is 0 Å². The molecule has 100 valence electrons. The van der Waals surface area contributed by atoms with Crippen LogP contribution in [0, 0.1) is 5.82 Å². The average molecular weight is 259 g/mol. The van der Waals surface area contributed by atoms with Gasteiger partial charge in [-0.25, -0.2) is 4.39 Å². The van der Waals surface area contributed by atoms with Crippen LogP contribution in [-0.4, -0.2) is 11.0 Å². The molecule has 3 N–H and O–H groups in total. The molecule has 0 spiro atoms. The summed E-state index contributed by atoms with van der Waals surface area (Å²) in [4.78, 5) is 4.29. The van der Waals surface area contributed by atoms with Crippen LogP contribution < -0.4 is 11.3 Å². The van der Waals surface area contributed by atoms with Crippen LogP contribution in [0.4, 0.5) is 4.39 Å². The summed E-state index contributed by atoms with van der Waals surface area (Å²) < 4.78 is 12.8. The Morgan fingerprint density at radius 2 is 1.95 bits per heavy atom. The van der Waals surface area contributed by atoms with Crippen LogP contribution in [0.3, 0.4) is 0 Å². The number of rotatable bonds is 6. The van der Waals surface area contributed by atoms with E-state index in [1.165, 1.54) is 12.1 Å². The maximum absolute atomic E-state index is 12.8. The standard InChI is InChI=1S/C15H18FN3/c16-13-6-4-12(5-7-13)11-15(19-17)9-8-14-3-1-2-10-18-14/h1-7,10,15,19H,8-9,11,17H2. The molecule has 0 fully saturated rings. The third kappa shape index (κ3) is 4.43. The lowest BCUT2D eigenvalue weighted by atomic mass is 10.0. The van der Waals surface area contributed by atoms with Crippen LogP contribution in [-0.2, 0) is 12.8 Å². The molecule has 3 nitrogen and oxygen atoms in total. The number of pyridine rings is 1. The summed E-state index contributed by atoms with van der Waals surface area (Å²) in [6.07, 6.45) is 4.34. The molecule has 1 heterocycles. The van der Waals surface area contributed by atoms with Crippen LogP contribution in [0.2, 0.25) is 0 Å². The predicted molar refractivity (Wildman–Crippen MR) is 73.8 cm³/mol. The quantitative estimate of drug-likeness (QED) is 0.618. The lowest BCUT2D eigenvalue weighted by molar-refractivity contribution is 0.489. The molecule has 0 bridgehead atoms. The number of nitrogens with two attached hydrogens (primary N) is 1. The maximum Gasteiger partial charge on any atom is 0.123 e. The number of nitrogens with zero attached hydrogens (tertiary/aromatic N) is 1. The summed E-state index contributed by atoms with van der Waals surface area (Å²) in [6.45, 7) is 0. The summed E-state index contributed by atoms with van der Waals surface area (Å²) in [5.74, 6) is 5.36. The first-order chi connectivity index (χ1) is 9.28. The molecule has 0 radical (unpaired) electrons. The average Bonchev–Trinajstić information content (AvgIpc) is 2.46. The number of benzene rings is 1. The Bertz CT molecular complexity index is 485. The Morgan fingerprint density at radius 1 is 1.16 bits per heavy atom. The van der Waals surface area contributed by atoms with Gasteiger partial charge in [0.25, 0.3) is 0 Å². The molecule has 1 unspecified atom stereocenters. The summed E-state index contributed by atoms with van der Waals surface area (Å²) in [6, 6.07) is 12.6. The molecule has 0 amide bonds. The second kappa shape index (κ2) is 6.97. The normalized spacial score (nSPS) is 12.3. The summed E-state index contributed by atoms with van der Waals surface area (Å²) in [5, 5.41) is 0. The van der Waals surface area contributed by atoms with Crippen LogP contribution >= 0.6 is 0 Å². The van der Waals surface area contributed by atoms with Crippen LogP contribution in [0.25, 0.3) is 0 Å².